The molecule has 1 heterocycles. The lowest BCUT2D eigenvalue weighted by atomic mass is 9.99. The first-order valence-electron chi connectivity index (χ1n) is 20.6. The number of esters is 2. The fraction of sp³-hybridized carbons (Fsp3) is 0.950. The van der Waals surface area contributed by atoms with E-state index in [1.165, 1.54) is 116 Å². The molecule has 0 aromatic carbocycles. The third-order valence-electron chi connectivity index (χ3n) is 9.74. The Morgan fingerprint density at radius 2 is 0.940 bits per heavy atom. The molecule has 0 bridgehead atoms. The van der Waals surface area contributed by atoms with Crippen molar-refractivity contribution in [1.82, 2.24) is 0 Å². The van der Waals surface area contributed by atoms with E-state index in [4.69, 9.17) is 18.9 Å². The van der Waals surface area contributed by atoms with Gasteiger partial charge in [-0.1, -0.05) is 162 Å². The van der Waals surface area contributed by atoms with Crippen molar-refractivity contribution >= 4 is 11.9 Å². The molecule has 0 spiro atoms. The molecular formula is C40H76O10. The Labute approximate surface area is 304 Å². The smallest absolute Gasteiger partial charge is 0.306 e. The van der Waals surface area contributed by atoms with Gasteiger partial charge in [0.25, 0.3) is 0 Å². The first-order valence-corrected chi connectivity index (χ1v) is 20.6. The van der Waals surface area contributed by atoms with Gasteiger partial charge in [0.05, 0.1) is 13.2 Å². The second-order valence-electron chi connectivity index (χ2n) is 14.5. The zero-order chi connectivity index (χ0) is 36.7. The van der Waals surface area contributed by atoms with Crippen LogP contribution in [0.25, 0.3) is 0 Å². The Morgan fingerprint density at radius 1 is 0.540 bits per heavy atom. The molecule has 6 atom stereocenters. The average Bonchev–Trinajstić information content (AvgIpc) is 3.11. The number of carbonyl (C=O) groups is 2. The highest BCUT2D eigenvalue weighted by Gasteiger charge is 2.44. The van der Waals surface area contributed by atoms with Crippen LogP contribution in [0.5, 0.6) is 0 Å². The van der Waals surface area contributed by atoms with Crippen LogP contribution in [0.3, 0.4) is 0 Å². The van der Waals surface area contributed by atoms with Crippen molar-refractivity contribution in [1.29, 1.82) is 0 Å². The summed E-state index contributed by atoms with van der Waals surface area (Å²) in [5, 5.41) is 39.9. The molecule has 50 heavy (non-hydrogen) atoms. The van der Waals surface area contributed by atoms with E-state index in [1.807, 2.05) is 0 Å². The third kappa shape index (κ3) is 24.0. The summed E-state index contributed by atoms with van der Waals surface area (Å²) in [5.41, 5.74) is 0. The quantitative estimate of drug-likeness (QED) is 0.0383. The second kappa shape index (κ2) is 32.4. The molecule has 4 N–H and O–H groups in total. The standard InChI is InChI=1S/C40H76O10/c1-3-5-7-9-11-13-14-15-16-17-18-19-20-21-23-24-26-28-35(42)47-31-33(49-36(43)29-27-25-22-12-10-8-6-4-2)32-48-40-39(46)38(45)37(44)34(30-41)50-40/h33-34,37-41,44-46H,3-32H2,1-2H3/t33-,34-,37+,38?,39?,40-/m0/s1. The lowest BCUT2D eigenvalue weighted by molar-refractivity contribution is -0.305. The summed E-state index contributed by atoms with van der Waals surface area (Å²) in [6, 6.07) is 0. The van der Waals surface area contributed by atoms with E-state index >= 15 is 0 Å². The molecule has 0 saturated carbocycles. The van der Waals surface area contributed by atoms with Gasteiger partial charge >= 0.3 is 11.9 Å². The van der Waals surface area contributed by atoms with Crippen molar-refractivity contribution in [3.05, 3.63) is 0 Å². The minimum atomic E-state index is -1.59. The number of hydrogen-bond acceptors (Lipinski definition) is 10. The molecule has 1 aliphatic heterocycles. The monoisotopic (exact) mass is 717 g/mol. The summed E-state index contributed by atoms with van der Waals surface area (Å²) in [7, 11) is 0. The largest absolute Gasteiger partial charge is 0.462 e. The minimum Gasteiger partial charge on any atom is -0.462 e. The Kier molecular flexibility index (Phi) is 30.2. The third-order valence-corrected chi connectivity index (χ3v) is 9.74. The molecule has 1 rings (SSSR count). The molecule has 1 saturated heterocycles. The first-order chi connectivity index (χ1) is 24.3. The summed E-state index contributed by atoms with van der Waals surface area (Å²) in [6.07, 6.45) is 22.7. The molecule has 296 valence electrons. The van der Waals surface area contributed by atoms with Crippen LogP contribution < -0.4 is 0 Å². The molecule has 10 nitrogen and oxygen atoms in total. The zero-order valence-corrected chi connectivity index (χ0v) is 31.9. The van der Waals surface area contributed by atoms with E-state index in [0.717, 1.165) is 38.5 Å². The normalized spacial score (nSPS) is 21.3. The molecule has 0 aromatic rings. The number of carbonyl (C=O) groups excluding carboxylic acids is 2. The predicted octanol–water partition coefficient (Wildman–Crippen LogP) is 7.83. The molecule has 0 radical (unpaired) electrons. The SMILES string of the molecule is CCCCCCCCCCCCCCCCCCCC(=O)OC[C@@H](CO[C@H]1O[C@@H](CO)[C@@H](O)C(O)C1O)OC(=O)CCCCCCCCCC. The van der Waals surface area contributed by atoms with Crippen molar-refractivity contribution < 1.29 is 49.0 Å². The van der Waals surface area contributed by atoms with E-state index in [9.17, 15) is 30.0 Å². The highest BCUT2D eigenvalue weighted by Crippen LogP contribution is 2.23. The van der Waals surface area contributed by atoms with Crippen LogP contribution in [0.1, 0.15) is 187 Å². The molecule has 0 aromatic heterocycles. The maximum Gasteiger partial charge on any atom is 0.306 e. The van der Waals surface area contributed by atoms with E-state index in [-0.39, 0.29) is 32.0 Å². The number of unbranched alkanes of at least 4 members (excludes halogenated alkanes) is 23. The van der Waals surface area contributed by atoms with E-state index < -0.39 is 49.4 Å². The second-order valence-corrected chi connectivity index (χ2v) is 14.5. The number of ether oxygens (including phenoxy) is 4. The molecule has 1 aliphatic rings. The summed E-state index contributed by atoms with van der Waals surface area (Å²) in [5.74, 6) is -0.800. The molecule has 0 aliphatic carbocycles. The Morgan fingerprint density at radius 3 is 1.36 bits per heavy atom. The maximum absolute atomic E-state index is 12.6. The highest BCUT2D eigenvalue weighted by atomic mass is 16.7. The van der Waals surface area contributed by atoms with Gasteiger partial charge in [0.15, 0.2) is 12.4 Å². The number of hydrogen-bond donors (Lipinski definition) is 4. The molecule has 10 heteroatoms. The van der Waals surface area contributed by atoms with E-state index in [2.05, 4.69) is 13.8 Å². The van der Waals surface area contributed by atoms with Crippen LogP contribution >= 0.6 is 0 Å². The zero-order valence-electron chi connectivity index (χ0n) is 31.9. The van der Waals surface area contributed by atoms with E-state index in [1.54, 1.807) is 0 Å². The maximum atomic E-state index is 12.6. The topological polar surface area (TPSA) is 152 Å². The first kappa shape index (κ1) is 46.7. The Bertz CT molecular complexity index is 794. The van der Waals surface area contributed by atoms with Gasteiger partial charge in [-0.05, 0) is 12.8 Å². The molecule has 2 unspecified atom stereocenters. The van der Waals surface area contributed by atoms with Crippen LogP contribution in [0.15, 0.2) is 0 Å². The summed E-state index contributed by atoms with van der Waals surface area (Å²) >= 11 is 0. The number of rotatable bonds is 34. The van der Waals surface area contributed by atoms with Crippen molar-refractivity contribution in [2.75, 3.05) is 19.8 Å². The number of aliphatic hydroxyl groups is 4. The van der Waals surface area contributed by atoms with Gasteiger partial charge in [-0.25, -0.2) is 0 Å². The van der Waals surface area contributed by atoms with Gasteiger partial charge in [-0.3, -0.25) is 9.59 Å². The predicted molar refractivity (Wildman–Crippen MR) is 197 cm³/mol. The van der Waals surface area contributed by atoms with Crippen LogP contribution in [-0.2, 0) is 28.5 Å². The fourth-order valence-electron chi connectivity index (χ4n) is 6.42. The van der Waals surface area contributed by atoms with Crippen LogP contribution in [0.4, 0.5) is 0 Å². The van der Waals surface area contributed by atoms with Crippen molar-refractivity contribution in [3.63, 3.8) is 0 Å². The summed E-state index contributed by atoms with van der Waals surface area (Å²) < 4.78 is 22.0. The van der Waals surface area contributed by atoms with Gasteiger partial charge in [0, 0.05) is 12.8 Å². The van der Waals surface area contributed by atoms with Gasteiger partial charge in [-0.15, -0.1) is 0 Å². The lowest BCUT2D eigenvalue weighted by Crippen LogP contribution is -2.59. The van der Waals surface area contributed by atoms with Crippen molar-refractivity contribution in [3.8, 4) is 0 Å². The van der Waals surface area contributed by atoms with Crippen molar-refractivity contribution in [2.45, 2.75) is 224 Å². The van der Waals surface area contributed by atoms with E-state index in [0.29, 0.717) is 6.42 Å². The summed E-state index contributed by atoms with van der Waals surface area (Å²) in [4.78, 5) is 25.1. The van der Waals surface area contributed by atoms with Gasteiger partial charge in [0.2, 0.25) is 0 Å². The van der Waals surface area contributed by atoms with Crippen LogP contribution in [0.2, 0.25) is 0 Å². The number of aliphatic hydroxyl groups excluding tert-OH is 4. The molecule has 1 fully saturated rings. The average molecular weight is 717 g/mol. The van der Waals surface area contributed by atoms with Gasteiger partial charge in [-0.2, -0.15) is 0 Å². The highest BCUT2D eigenvalue weighted by molar-refractivity contribution is 5.70. The minimum absolute atomic E-state index is 0.210. The fourth-order valence-corrected chi connectivity index (χ4v) is 6.42. The van der Waals surface area contributed by atoms with Gasteiger partial charge < -0.3 is 39.4 Å². The molecular weight excluding hydrogens is 640 g/mol. The van der Waals surface area contributed by atoms with Crippen LogP contribution in [-0.4, -0.2) is 89.0 Å². The molecule has 0 amide bonds. The Balaban J connectivity index is 2.29. The lowest BCUT2D eigenvalue weighted by Gasteiger charge is -2.39. The van der Waals surface area contributed by atoms with Crippen molar-refractivity contribution in [2.24, 2.45) is 0 Å². The summed E-state index contributed by atoms with van der Waals surface area (Å²) in [6.45, 7) is 3.40. The van der Waals surface area contributed by atoms with Crippen LogP contribution in [0, 0.1) is 0 Å². The Hall–Kier alpha value is -1.30. The van der Waals surface area contributed by atoms with Gasteiger partial charge in [0.1, 0.15) is 31.0 Å².